The highest BCUT2D eigenvalue weighted by atomic mass is 32.2. The van der Waals surface area contributed by atoms with E-state index < -0.39 is 17.6 Å². The first-order valence-corrected chi connectivity index (χ1v) is 9.55. The average molecular weight is 411 g/mol. The Hall–Kier alpha value is -2.97. The van der Waals surface area contributed by atoms with Crippen LogP contribution in [0, 0.1) is 5.82 Å². The molecule has 0 unspecified atom stereocenters. The molecule has 1 N–H and O–H groups in total. The fourth-order valence-corrected chi connectivity index (χ4v) is 4.13. The Labute approximate surface area is 169 Å². The van der Waals surface area contributed by atoms with Gasteiger partial charge in [0, 0.05) is 35.3 Å². The van der Waals surface area contributed by atoms with Crippen molar-refractivity contribution in [3.05, 3.63) is 76.6 Å². The van der Waals surface area contributed by atoms with Crippen molar-refractivity contribution in [1.82, 2.24) is 15.0 Å². The SMILES string of the molecule is Cn1cc(/C=C2\SC(=S)N(NC(=O)c3ccc(F)cc3)C2=O)c2ccccc21. The molecule has 1 saturated heterocycles. The number of aromatic nitrogens is 1. The number of fused-ring (bicyclic) bond motifs is 1. The number of benzene rings is 2. The van der Waals surface area contributed by atoms with Gasteiger partial charge in [-0.3, -0.25) is 15.0 Å². The number of halogens is 1. The third kappa shape index (κ3) is 3.32. The van der Waals surface area contributed by atoms with Crippen molar-refractivity contribution >= 4 is 57.1 Å². The van der Waals surface area contributed by atoms with Crippen molar-refractivity contribution in [3.63, 3.8) is 0 Å². The molecule has 0 bridgehead atoms. The summed E-state index contributed by atoms with van der Waals surface area (Å²) in [6, 6.07) is 12.9. The number of para-hydroxylation sites is 1. The molecular weight excluding hydrogens is 397 g/mol. The molecule has 1 aromatic heterocycles. The Kier molecular flexibility index (Phi) is 4.74. The van der Waals surface area contributed by atoms with Crippen molar-refractivity contribution in [3.8, 4) is 0 Å². The maximum Gasteiger partial charge on any atom is 0.285 e. The van der Waals surface area contributed by atoms with Crippen LogP contribution < -0.4 is 5.43 Å². The van der Waals surface area contributed by atoms with Gasteiger partial charge in [0.05, 0.1) is 4.91 Å². The predicted octanol–water partition coefficient (Wildman–Crippen LogP) is 3.86. The van der Waals surface area contributed by atoms with E-state index in [1.807, 2.05) is 42.1 Å². The number of amides is 2. The van der Waals surface area contributed by atoms with E-state index in [0.717, 1.165) is 33.2 Å². The molecule has 0 saturated carbocycles. The van der Waals surface area contributed by atoms with Crippen LogP contribution in [0.15, 0.2) is 59.6 Å². The molecule has 2 amide bonds. The standard InChI is InChI=1S/C20H14FN3O2S2/c1-23-11-13(15-4-2-3-5-16(15)23)10-17-19(26)24(20(27)28-17)22-18(25)12-6-8-14(21)9-7-12/h2-11H,1H3,(H,22,25)/b17-10-. The second kappa shape index (κ2) is 7.21. The monoisotopic (exact) mass is 411 g/mol. The van der Waals surface area contributed by atoms with E-state index in [-0.39, 0.29) is 9.88 Å². The molecule has 1 aliphatic heterocycles. The Morgan fingerprint density at radius 3 is 2.64 bits per heavy atom. The van der Waals surface area contributed by atoms with Gasteiger partial charge in [0.1, 0.15) is 5.82 Å². The Morgan fingerprint density at radius 2 is 1.89 bits per heavy atom. The van der Waals surface area contributed by atoms with Crippen LogP contribution in [0.4, 0.5) is 4.39 Å². The Balaban J connectivity index is 1.59. The Morgan fingerprint density at radius 1 is 1.18 bits per heavy atom. The number of thiocarbonyl (C=S) groups is 1. The summed E-state index contributed by atoms with van der Waals surface area (Å²) in [6.07, 6.45) is 3.71. The highest BCUT2D eigenvalue weighted by Gasteiger charge is 2.34. The van der Waals surface area contributed by atoms with Crippen molar-refractivity contribution in [2.45, 2.75) is 0 Å². The first-order valence-electron chi connectivity index (χ1n) is 8.32. The number of thioether (sulfide) groups is 1. The van der Waals surface area contributed by atoms with Crippen molar-refractivity contribution < 1.29 is 14.0 Å². The summed E-state index contributed by atoms with van der Waals surface area (Å²) in [6.45, 7) is 0. The zero-order valence-corrected chi connectivity index (χ0v) is 16.3. The summed E-state index contributed by atoms with van der Waals surface area (Å²) in [5.74, 6) is -1.39. The first-order chi connectivity index (χ1) is 13.4. The van der Waals surface area contributed by atoms with Gasteiger partial charge in [-0.15, -0.1) is 0 Å². The molecule has 2 heterocycles. The quantitative estimate of drug-likeness (QED) is 0.525. The third-order valence-electron chi connectivity index (χ3n) is 4.33. The lowest BCUT2D eigenvalue weighted by molar-refractivity contribution is -0.123. The lowest BCUT2D eigenvalue weighted by Gasteiger charge is -2.15. The number of hydrogen-bond acceptors (Lipinski definition) is 4. The largest absolute Gasteiger partial charge is 0.350 e. The van der Waals surface area contributed by atoms with Crippen LogP contribution in [0.2, 0.25) is 0 Å². The minimum absolute atomic E-state index is 0.229. The van der Waals surface area contributed by atoms with Crippen LogP contribution in [0.1, 0.15) is 15.9 Å². The summed E-state index contributed by atoms with van der Waals surface area (Å²) in [7, 11) is 1.94. The lowest BCUT2D eigenvalue weighted by Crippen LogP contribution is -2.44. The van der Waals surface area contributed by atoms with E-state index in [0.29, 0.717) is 4.91 Å². The Bertz CT molecular complexity index is 1150. The van der Waals surface area contributed by atoms with Gasteiger partial charge in [-0.2, -0.15) is 5.01 Å². The van der Waals surface area contributed by atoms with E-state index in [9.17, 15) is 14.0 Å². The zero-order chi connectivity index (χ0) is 19.8. The molecule has 1 fully saturated rings. The highest BCUT2D eigenvalue weighted by molar-refractivity contribution is 8.26. The first kappa shape index (κ1) is 18.4. The second-order valence-corrected chi connectivity index (χ2v) is 7.85. The van der Waals surface area contributed by atoms with Crippen LogP contribution in [-0.4, -0.2) is 25.7 Å². The molecule has 5 nitrogen and oxygen atoms in total. The zero-order valence-electron chi connectivity index (χ0n) is 14.7. The molecule has 28 heavy (non-hydrogen) atoms. The van der Waals surface area contributed by atoms with Gasteiger partial charge in [-0.25, -0.2) is 4.39 Å². The van der Waals surface area contributed by atoms with Gasteiger partial charge in [-0.05, 0) is 48.6 Å². The summed E-state index contributed by atoms with van der Waals surface area (Å²) in [5.41, 5.74) is 4.66. The van der Waals surface area contributed by atoms with E-state index >= 15 is 0 Å². The summed E-state index contributed by atoms with van der Waals surface area (Å²) < 4.78 is 15.2. The molecule has 1 aliphatic rings. The third-order valence-corrected chi connectivity index (χ3v) is 5.63. The van der Waals surface area contributed by atoms with Crippen LogP contribution in [-0.2, 0) is 11.8 Å². The maximum atomic E-state index is 13.0. The normalized spacial score (nSPS) is 15.6. The molecule has 4 rings (SSSR count). The summed E-state index contributed by atoms with van der Waals surface area (Å²) in [5, 5.41) is 2.06. The number of carbonyl (C=O) groups is 2. The predicted molar refractivity (Wildman–Crippen MR) is 112 cm³/mol. The van der Waals surface area contributed by atoms with E-state index in [4.69, 9.17) is 12.2 Å². The molecule has 2 aromatic carbocycles. The summed E-state index contributed by atoms with van der Waals surface area (Å²) >= 11 is 6.37. The molecule has 140 valence electrons. The fraction of sp³-hybridized carbons (Fsp3) is 0.0500. The smallest absolute Gasteiger partial charge is 0.285 e. The van der Waals surface area contributed by atoms with E-state index in [1.54, 1.807) is 6.08 Å². The molecule has 0 radical (unpaired) electrons. The average Bonchev–Trinajstić information content (AvgIpc) is 3.14. The van der Waals surface area contributed by atoms with Crippen molar-refractivity contribution in [1.29, 1.82) is 0 Å². The molecule has 3 aromatic rings. The van der Waals surface area contributed by atoms with Crippen molar-refractivity contribution in [2.75, 3.05) is 0 Å². The maximum absolute atomic E-state index is 13.0. The molecular formula is C20H14FN3O2S2. The topological polar surface area (TPSA) is 54.3 Å². The lowest BCUT2D eigenvalue weighted by atomic mass is 10.1. The minimum atomic E-state index is -0.539. The number of nitrogens with one attached hydrogen (secondary N) is 1. The van der Waals surface area contributed by atoms with Gasteiger partial charge in [0.15, 0.2) is 4.32 Å². The minimum Gasteiger partial charge on any atom is -0.350 e. The van der Waals surface area contributed by atoms with E-state index in [1.165, 1.54) is 24.3 Å². The van der Waals surface area contributed by atoms with E-state index in [2.05, 4.69) is 5.43 Å². The second-order valence-electron chi connectivity index (χ2n) is 6.18. The van der Waals surface area contributed by atoms with Gasteiger partial charge in [0.25, 0.3) is 11.8 Å². The van der Waals surface area contributed by atoms with Gasteiger partial charge >= 0.3 is 0 Å². The number of rotatable bonds is 3. The highest BCUT2D eigenvalue weighted by Crippen LogP contribution is 2.33. The molecule has 0 spiro atoms. The van der Waals surface area contributed by atoms with Crippen LogP contribution in [0.5, 0.6) is 0 Å². The number of carbonyl (C=O) groups excluding carboxylic acids is 2. The summed E-state index contributed by atoms with van der Waals surface area (Å²) in [4.78, 5) is 25.5. The van der Waals surface area contributed by atoms with Crippen molar-refractivity contribution in [2.24, 2.45) is 7.05 Å². The fourth-order valence-electron chi connectivity index (χ4n) is 2.96. The molecule has 0 atom stereocenters. The molecule has 8 heteroatoms. The number of aryl methyl sites for hydroxylation is 1. The van der Waals surface area contributed by atoms with Gasteiger partial charge < -0.3 is 4.57 Å². The van der Waals surface area contributed by atoms with Crippen LogP contribution >= 0.6 is 24.0 Å². The van der Waals surface area contributed by atoms with Gasteiger partial charge in [0.2, 0.25) is 0 Å². The molecule has 0 aliphatic carbocycles. The van der Waals surface area contributed by atoms with Crippen LogP contribution in [0.25, 0.3) is 17.0 Å². The number of nitrogens with zero attached hydrogens (tertiary/aromatic N) is 2. The number of hydrogen-bond donors (Lipinski definition) is 1. The van der Waals surface area contributed by atoms with Gasteiger partial charge in [-0.1, -0.05) is 30.0 Å². The van der Waals surface area contributed by atoms with Crippen LogP contribution in [0.3, 0.4) is 0 Å². The number of hydrazine groups is 1.